The van der Waals surface area contributed by atoms with Gasteiger partial charge in [-0.3, -0.25) is 9.59 Å². The van der Waals surface area contributed by atoms with Gasteiger partial charge < -0.3 is 10.2 Å². The molecule has 1 saturated heterocycles. The highest BCUT2D eigenvalue weighted by Gasteiger charge is 2.22. The van der Waals surface area contributed by atoms with Crippen LogP contribution in [0.4, 0.5) is 5.69 Å². The Kier molecular flexibility index (Phi) is 5.39. The second-order valence-electron chi connectivity index (χ2n) is 5.75. The number of carbonyl (C=O) groups excluding carboxylic acids is 2. The molecule has 21 heavy (non-hydrogen) atoms. The second-order valence-corrected chi connectivity index (χ2v) is 6.66. The number of benzene rings is 1. The Bertz CT molecular complexity index is 537. The van der Waals surface area contributed by atoms with Gasteiger partial charge in [0.15, 0.2) is 0 Å². The average molecular weight is 353 g/mol. The summed E-state index contributed by atoms with van der Waals surface area (Å²) in [5.74, 6) is 0.353. The van der Waals surface area contributed by atoms with Gasteiger partial charge in [-0.1, -0.05) is 22.9 Å². The molecule has 0 saturated carbocycles. The molecule has 4 nitrogen and oxygen atoms in total. The van der Waals surface area contributed by atoms with Crippen molar-refractivity contribution < 1.29 is 9.59 Å². The van der Waals surface area contributed by atoms with Crippen LogP contribution in [-0.4, -0.2) is 29.8 Å². The summed E-state index contributed by atoms with van der Waals surface area (Å²) in [7, 11) is 0. The minimum absolute atomic E-state index is 0.0748. The van der Waals surface area contributed by atoms with Crippen LogP contribution in [0.3, 0.4) is 0 Å². The van der Waals surface area contributed by atoms with Gasteiger partial charge in [-0.15, -0.1) is 0 Å². The van der Waals surface area contributed by atoms with Gasteiger partial charge in [-0.05, 0) is 49.4 Å². The number of likely N-dealkylation sites (tertiary alicyclic amines) is 1. The highest BCUT2D eigenvalue weighted by Crippen LogP contribution is 2.20. The average Bonchev–Trinajstić information content (AvgIpc) is 2.42. The minimum atomic E-state index is -0.246. The Morgan fingerprint density at radius 1 is 1.33 bits per heavy atom. The molecule has 0 bridgehead atoms. The Hall–Kier alpha value is -1.36. The molecule has 0 aliphatic carbocycles. The van der Waals surface area contributed by atoms with Crippen molar-refractivity contribution in [2.75, 3.05) is 18.4 Å². The Balaban J connectivity index is 1.88. The predicted molar refractivity (Wildman–Crippen MR) is 87.1 cm³/mol. The number of rotatable bonds is 3. The second kappa shape index (κ2) is 7.07. The highest BCUT2D eigenvalue weighted by molar-refractivity contribution is 9.10. The number of piperidine rings is 1. The van der Waals surface area contributed by atoms with Crippen molar-refractivity contribution in [2.24, 2.45) is 5.92 Å². The topological polar surface area (TPSA) is 49.4 Å². The molecule has 1 aliphatic rings. The molecule has 1 aromatic rings. The first-order valence-electron chi connectivity index (χ1n) is 7.29. The van der Waals surface area contributed by atoms with E-state index < -0.39 is 0 Å². The smallest absolute Gasteiger partial charge is 0.233 e. The van der Waals surface area contributed by atoms with Crippen LogP contribution in [0, 0.1) is 12.8 Å². The van der Waals surface area contributed by atoms with E-state index >= 15 is 0 Å². The fourth-order valence-electron chi connectivity index (χ4n) is 2.47. The largest absolute Gasteiger partial charge is 0.342 e. The number of carbonyl (C=O) groups is 2. The maximum atomic E-state index is 12.1. The third-order valence-electron chi connectivity index (χ3n) is 3.91. The first-order chi connectivity index (χ1) is 9.95. The van der Waals surface area contributed by atoms with Crippen molar-refractivity contribution in [3.05, 3.63) is 28.2 Å². The van der Waals surface area contributed by atoms with Gasteiger partial charge in [0.1, 0.15) is 6.42 Å². The van der Waals surface area contributed by atoms with E-state index in [4.69, 9.17) is 0 Å². The van der Waals surface area contributed by atoms with Crippen LogP contribution < -0.4 is 5.32 Å². The molecule has 1 heterocycles. The lowest BCUT2D eigenvalue weighted by molar-refractivity contribution is -0.135. The number of aryl methyl sites for hydroxylation is 1. The summed E-state index contributed by atoms with van der Waals surface area (Å²) < 4.78 is 0.969. The monoisotopic (exact) mass is 352 g/mol. The first kappa shape index (κ1) is 16.0. The maximum Gasteiger partial charge on any atom is 0.233 e. The van der Waals surface area contributed by atoms with Crippen molar-refractivity contribution in [1.29, 1.82) is 0 Å². The number of halogens is 1. The van der Waals surface area contributed by atoms with Crippen LogP contribution >= 0.6 is 15.9 Å². The van der Waals surface area contributed by atoms with Gasteiger partial charge >= 0.3 is 0 Å². The molecule has 114 valence electrons. The molecule has 5 heteroatoms. The standard InChI is InChI=1S/C16H21BrN2O2/c1-11-5-7-19(8-6-11)16(21)10-15(20)18-14-4-3-13(17)9-12(14)2/h3-4,9,11H,5-8,10H2,1-2H3,(H,18,20). The summed E-state index contributed by atoms with van der Waals surface area (Å²) >= 11 is 3.39. The van der Waals surface area contributed by atoms with E-state index in [1.54, 1.807) is 4.90 Å². The molecule has 1 fully saturated rings. The van der Waals surface area contributed by atoms with Crippen LogP contribution in [-0.2, 0) is 9.59 Å². The van der Waals surface area contributed by atoms with Crippen molar-refractivity contribution in [3.63, 3.8) is 0 Å². The summed E-state index contributed by atoms with van der Waals surface area (Å²) in [5, 5.41) is 2.81. The maximum absolute atomic E-state index is 12.1. The number of anilines is 1. The molecule has 2 amide bonds. The molecule has 0 atom stereocenters. The zero-order chi connectivity index (χ0) is 15.4. The third kappa shape index (κ3) is 4.56. The Morgan fingerprint density at radius 3 is 2.62 bits per heavy atom. The van der Waals surface area contributed by atoms with Crippen LogP contribution in [0.25, 0.3) is 0 Å². The van der Waals surface area contributed by atoms with E-state index in [0.717, 1.165) is 41.7 Å². The molecular formula is C16H21BrN2O2. The lowest BCUT2D eigenvalue weighted by Gasteiger charge is -2.30. The molecular weight excluding hydrogens is 332 g/mol. The van der Waals surface area contributed by atoms with Crippen molar-refractivity contribution >= 4 is 33.4 Å². The van der Waals surface area contributed by atoms with E-state index in [9.17, 15) is 9.59 Å². The number of nitrogens with one attached hydrogen (secondary N) is 1. The van der Waals surface area contributed by atoms with Gasteiger partial charge in [-0.25, -0.2) is 0 Å². The molecule has 0 radical (unpaired) electrons. The summed E-state index contributed by atoms with van der Waals surface area (Å²) in [6, 6.07) is 5.64. The third-order valence-corrected chi connectivity index (χ3v) is 4.40. The van der Waals surface area contributed by atoms with E-state index in [0.29, 0.717) is 5.92 Å². The summed E-state index contributed by atoms with van der Waals surface area (Å²) in [4.78, 5) is 25.9. The summed E-state index contributed by atoms with van der Waals surface area (Å²) in [6.07, 6.45) is 1.97. The van der Waals surface area contributed by atoms with Gasteiger partial charge in [-0.2, -0.15) is 0 Å². The lowest BCUT2D eigenvalue weighted by atomic mass is 9.99. The molecule has 0 unspecified atom stereocenters. The normalized spacial score (nSPS) is 15.9. The summed E-state index contributed by atoms with van der Waals surface area (Å²) in [6.45, 7) is 5.66. The zero-order valence-electron chi connectivity index (χ0n) is 12.5. The van der Waals surface area contributed by atoms with Gasteiger partial charge in [0, 0.05) is 23.2 Å². The van der Waals surface area contributed by atoms with Crippen molar-refractivity contribution in [1.82, 2.24) is 4.90 Å². The van der Waals surface area contributed by atoms with Crippen LogP contribution in [0.15, 0.2) is 22.7 Å². The first-order valence-corrected chi connectivity index (χ1v) is 8.09. The molecule has 1 aromatic carbocycles. The minimum Gasteiger partial charge on any atom is -0.342 e. The molecule has 0 spiro atoms. The van der Waals surface area contributed by atoms with Crippen molar-refractivity contribution in [3.8, 4) is 0 Å². The Morgan fingerprint density at radius 2 is 2.00 bits per heavy atom. The van der Waals surface area contributed by atoms with Crippen LogP contribution in [0.2, 0.25) is 0 Å². The molecule has 1 N–H and O–H groups in total. The Labute approximate surface area is 134 Å². The van der Waals surface area contributed by atoms with Gasteiger partial charge in [0.05, 0.1) is 0 Å². The van der Waals surface area contributed by atoms with E-state index in [1.807, 2.05) is 25.1 Å². The van der Waals surface area contributed by atoms with E-state index in [-0.39, 0.29) is 18.2 Å². The summed E-state index contributed by atoms with van der Waals surface area (Å²) in [5.41, 5.74) is 1.72. The number of hydrogen-bond acceptors (Lipinski definition) is 2. The van der Waals surface area contributed by atoms with Gasteiger partial charge in [0.25, 0.3) is 0 Å². The molecule has 2 rings (SSSR count). The predicted octanol–water partition coefficient (Wildman–Crippen LogP) is 3.34. The fourth-order valence-corrected chi connectivity index (χ4v) is 2.94. The van der Waals surface area contributed by atoms with E-state index in [1.165, 1.54) is 0 Å². The van der Waals surface area contributed by atoms with E-state index in [2.05, 4.69) is 28.2 Å². The van der Waals surface area contributed by atoms with Gasteiger partial charge in [0.2, 0.25) is 11.8 Å². The fraction of sp³-hybridized carbons (Fsp3) is 0.500. The number of nitrogens with zero attached hydrogens (tertiary/aromatic N) is 1. The van der Waals surface area contributed by atoms with Crippen LogP contribution in [0.1, 0.15) is 31.7 Å². The highest BCUT2D eigenvalue weighted by atomic mass is 79.9. The molecule has 1 aliphatic heterocycles. The lowest BCUT2D eigenvalue weighted by Crippen LogP contribution is -2.39. The number of hydrogen-bond donors (Lipinski definition) is 1. The SMILES string of the molecule is Cc1cc(Br)ccc1NC(=O)CC(=O)N1CCC(C)CC1. The van der Waals surface area contributed by atoms with Crippen molar-refractivity contribution in [2.45, 2.75) is 33.1 Å². The number of amides is 2. The zero-order valence-corrected chi connectivity index (χ0v) is 14.1. The quantitative estimate of drug-likeness (QED) is 0.848. The van der Waals surface area contributed by atoms with Crippen LogP contribution in [0.5, 0.6) is 0 Å². The molecule has 0 aromatic heterocycles.